The van der Waals surface area contributed by atoms with Crippen molar-refractivity contribution in [2.75, 3.05) is 12.3 Å². The molecule has 1 aromatic heterocycles. The van der Waals surface area contributed by atoms with Gasteiger partial charge in [0.1, 0.15) is 4.90 Å². The van der Waals surface area contributed by atoms with E-state index in [0.29, 0.717) is 6.54 Å². The van der Waals surface area contributed by atoms with Crippen molar-refractivity contribution in [3.63, 3.8) is 0 Å². The molecule has 0 atom stereocenters. The van der Waals surface area contributed by atoms with Crippen LogP contribution in [0.4, 0.5) is 5.95 Å². The molecule has 0 amide bonds. The molecule has 0 spiro atoms. The average molecular weight is 242 g/mol. The van der Waals surface area contributed by atoms with Crippen LogP contribution in [-0.4, -0.2) is 35.3 Å². The first kappa shape index (κ1) is 11.3. The molecule has 0 saturated heterocycles. The zero-order valence-electron chi connectivity index (χ0n) is 9.00. The molecule has 1 aromatic rings. The standard InChI is InChI=1S/C9H14N4O2S/c1-2-13(7-3-4-7)16(14,15)8-5-11-9(10)12-6-8/h5-7H,2-4H2,1H3,(H2,10,11,12). The Labute approximate surface area is 94.6 Å². The van der Waals surface area contributed by atoms with Crippen LogP contribution < -0.4 is 5.73 Å². The molecule has 0 aromatic carbocycles. The summed E-state index contributed by atoms with van der Waals surface area (Å²) in [6, 6.07) is 0.146. The molecule has 0 aliphatic heterocycles. The van der Waals surface area contributed by atoms with Crippen molar-refractivity contribution in [1.29, 1.82) is 0 Å². The predicted octanol–water partition coefficient (Wildman–Crippen LogP) is 0.232. The molecule has 1 saturated carbocycles. The van der Waals surface area contributed by atoms with Gasteiger partial charge in [0.15, 0.2) is 0 Å². The molecular weight excluding hydrogens is 228 g/mol. The summed E-state index contributed by atoms with van der Waals surface area (Å²) in [5.41, 5.74) is 5.32. The average Bonchev–Trinajstić information content (AvgIpc) is 3.03. The quantitative estimate of drug-likeness (QED) is 0.816. The minimum atomic E-state index is -3.45. The van der Waals surface area contributed by atoms with Gasteiger partial charge in [-0.1, -0.05) is 6.92 Å². The van der Waals surface area contributed by atoms with E-state index in [0.717, 1.165) is 12.8 Å². The third-order valence-corrected chi connectivity index (χ3v) is 4.50. The lowest BCUT2D eigenvalue weighted by molar-refractivity contribution is 0.420. The van der Waals surface area contributed by atoms with E-state index in [1.54, 1.807) is 0 Å². The Morgan fingerprint density at radius 2 is 2.00 bits per heavy atom. The summed E-state index contributed by atoms with van der Waals surface area (Å²) in [5, 5.41) is 0. The van der Waals surface area contributed by atoms with Crippen molar-refractivity contribution in [2.45, 2.75) is 30.7 Å². The van der Waals surface area contributed by atoms with Gasteiger partial charge in [-0.05, 0) is 12.8 Å². The zero-order chi connectivity index (χ0) is 11.8. The van der Waals surface area contributed by atoms with Crippen molar-refractivity contribution in [3.8, 4) is 0 Å². The van der Waals surface area contributed by atoms with Gasteiger partial charge < -0.3 is 5.73 Å². The van der Waals surface area contributed by atoms with E-state index >= 15 is 0 Å². The number of anilines is 1. The Morgan fingerprint density at radius 1 is 1.44 bits per heavy atom. The SMILES string of the molecule is CCN(C1CC1)S(=O)(=O)c1cnc(N)nc1. The molecule has 0 radical (unpaired) electrons. The molecule has 1 heterocycles. The van der Waals surface area contributed by atoms with E-state index in [4.69, 9.17) is 5.73 Å². The maximum Gasteiger partial charge on any atom is 0.246 e. The van der Waals surface area contributed by atoms with Crippen LogP contribution in [0.25, 0.3) is 0 Å². The molecule has 0 unspecified atom stereocenters. The predicted molar refractivity (Wildman–Crippen MR) is 59.0 cm³/mol. The van der Waals surface area contributed by atoms with E-state index < -0.39 is 10.0 Å². The van der Waals surface area contributed by atoms with Crippen molar-refractivity contribution in [2.24, 2.45) is 0 Å². The summed E-state index contributed by atoms with van der Waals surface area (Å²) >= 11 is 0. The largest absolute Gasteiger partial charge is 0.368 e. The highest BCUT2D eigenvalue weighted by atomic mass is 32.2. The lowest BCUT2D eigenvalue weighted by Crippen LogP contribution is -2.33. The summed E-state index contributed by atoms with van der Waals surface area (Å²) in [5.74, 6) is 0.0772. The molecule has 6 nitrogen and oxygen atoms in total. The first-order valence-electron chi connectivity index (χ1n) is 5.15. The third kappa shape index (κ3) is 2.00. The van der Waals surface area contributed by atoms with E-state index in [-0.39, 0.29) is 16.9 Å². The molecule has 1 fully saturated rings. The van der Waals surface area contributed by atoms with Gasteiger partial charge in [-0.3, -0.25) is 0 Å². The smallest absolute Gasteiger partial charge is 0.246 e. The summed E-state index contributed by atoms with van der Waals surface area (Å²) in [7, 11) is -3.45. The van der Waals surface area contributed by atoms with Gasteiger partial charge in [0.25, 0.3) is 0 Å². The van der Waals surface area contributed by atoms with Crippen LogP contribution in [0.3, 0.4) is 0 Å². The zero-order valence-corrected chi connectivity index (χ0v) is 9.81. The Bertz CT molecular complexity index is 467. The number of nitrogen functional groups attached to an aromatic ring is 1. The fourth-order valence-electron chi connectivity index (χ4n) is 1.58. The van der Waals surface area contributed by atoms with Crippen molar-refractivity contribution in [3.05, 3.63) is 12.4 Å². The van der Waals surface area contributed by atoms with Gasteiger partial charge in [0.2, 0.25) is 16.0 Å². The molecule has 1 aliphatic carbocycles. The first-order chi connectivity index (χ1) is 7.55. The second kappa shape index (κ2) is 3.99. The number of hydrogen-bond acceptors (Lipinski definition) is 5. The van der Waals surface area contributed by atoms with E-state index in [2.05, 4.69) is 9.97 Å². The second-order valence-electron chi connectivity index (χ2n) is 3.72. The van der Waals surface area contributed by atoms with Gasteiger partial charge >= 0.3 is 0 Å². The lowest BCUT2D eigenvalue weighted by Gasteiger charge is -2.19. The molecule has 0 bridgehead atoms. The fraction of sp³-hybridized carbons (Fsp3) is 0.556. The third-order valence-electron chi connectivity index (χ3n) is 2.52. The van der Waals surface area contributed by atoms with Crippen molar-refractivity contribution >= 4 is 16.0 Å². The molecule has 1 aliphatic rings. The number of hydrogen-bond donors (Lipinski definition) is 1. The normalized spacial score (nSPS) is 16.6. The molecule has 16 heavy (non-hydrogen) atoms. The van der Waals surface area contributed by atoms with E-state index in [1.165, 1.54) is 16.7 Å². The topological polar surface area (TPSA) is 89.2 Å². The Kier molecular flexibility index (Phi) is 2.81. The highest BCUT2D eigenvalue weighted by Gasteiger charge is 2.37. The number of nitrogens with two attached hydrogens (primary N) is 1. The Hall–Kier alpha value is -1.21. The Balaban J connectivity index is 2.33. The molecule has 2 N–H and O–H groups in total. The van der Waals surface area contributed by atoms with Crippen LogP contribution in [-0.2, 0) is 10.0 Å². The minimum Gasteiger partial charge on any atom is -0.368 e. The second-order valence-corrected chi connectivity index (χ2v) is 5.61. The van der Waals surface area contributed by atoms with Gasteiger partial charge in [-0.2, -0.15) is 4.31 Å². The first-order valence-corrected chi connectivity index (χ1v) is 6.59. The van der Waals surface area contributed by atoms with Crippen LogP contribution in [0.5, 0.6) is 0 Å². The van der Waals surface area contributed by atoms with Crippen LogP contribution >= 0.6 is 0 Å². The van der Waals surface area contributed by atoms with E-state index in [1.807, 2.05) is 6.92 Å². The number of aromatic nitrogens is 2. The highest BCUT2D eigenvalue weighted by molar-refractivity contribution is 7.89. The molecular formula is C9H14N4O2S. The summed E-state index contributed by atoms with van der Waals surface area (Å²) in [6.45, 7) is 2.30. The minimum absolute atomic E-state index is 0.0772. The van der Waals surface area contributed by atoms with Crippen molar-refractivity contribution < 1.29 is 8.42 Å². The molecule has 88 valence electrons. The number of rotatable bonds is 4. The van der Waals surface area contributed by atoms with Crippen LogP contribution in [0.1, 0.15) is 19.8 Å². The number of sulfonamides is 1. The van der Waals surface area contributed by atoms with Gasteiger partial charge in [0, 0.05) is 12.6 Å². The van der Waals surface area contributed by atoms with Crippen LogP contribution in [0.15, 0.2) is 17.3 Å². The monoisotopic (exact) mass is 242 g/mol. The summed E-state index contributed by atoms with van der Waals surface area (Å²) in [4.78, 5) is 7.51. The maximum atomic E-state index is 12.2. The van der Waals surface area contributed by atoms with Gasteiger partial charge in [-0.15, -0.1) is 0 Å². The Morgan fingerprint density at radius 3 is 2.44 bits per heavy atom. The lowest BCUT2D eigenvalue weighted by atomic mass is 10.6. The van der Waals surface area contributed by atoms with Crippen LogP contribution in [0.2, 0.25) is 0 Å². The molecule has 2 rings (SSSR count). The molecule has 7 heteroatoms. The van der Waals surface area contributed by atoms with Crippen molar-refractivity contribution in [1.82, 2.24) is 14.3 Å². The van der Waals surface area contributed by atoms with Crippen LogP contribution in [0, 0.1) is 0 Å². The van der Waals surface area contributed by atoms with Gasteiger partial charge in [-0.25, -0.2) is 18.4 Å². The highest BCUT2D eigenvalue weighted by Crippen LogP contribution is 2.31. The summed E-state index contributed by atoms with van der Waals surface area (Å²) in [6.07, 6.45) is 4.37. The fourth-order valence-corrected chi connectivity index (χ4v) is 3.17. The summed E-state index contributed by atoms with van der Waals surface area (Å²) < 4.78 is 25.8. The maximum absolute atomic E-state index is 12.2. The number of nitrogens with zero attached hydrogens (tertiary/aromatic N) is 3. The van der Waals surface area contributed by atoms with Gasteiger partial charge in [0.05, 0.1) is 12.4 Å². The van der Waals surface area contributed by atoms with E-state index in [9.17, 15) is 8.42 Å².